The third kappa shape index (κ3) is 8.89. The maximum Gasteiger partial charge on any atom is 0.187 e. The fourth-order valence-corrected chi connectivity index (χ4v) is 14.2. The van der Waals surface area contributed by atoms with Gasteiger partial charge in [0.05, 0.1) is 44.7 Å². The minimum Gasteiger partial charge on any atom is -0.394 e. The summed E-state index contributed by atoms with van der Waals surface area (Å²) in [6, 6.07) is 0. The number of ether oxygens (including phenoxy) is 7. The predicted molar refractivity (Wildman–Crippen MR) is 220 cm³/mol. The van der Waals surface area contributed by atoms with E-state index in [2.05, 4.69) is 20.8 Å². The van der Waals surface area contributed by atoms with Gasteiger partial charge in [0.25, 0.3) is 0 Å². The Labute approximate surface area is 379 Å². The Morgan fingerprint density at radius 2 is 1.23 bits per heavy atom. The molecule has 0 amide bonds. The second-order valence-electron chi connectivity index (χ2n) is 21.6. The van der Waals surface area contributed by atoms with Crippen molar-refractivity contribution in [3.05, 3.63) is 0 Å². The minimum atomic E-state index is -1.78. The molecule has 4 aliphatic carbocycles. The summed E-state index contributed by atoms with van der Waals surface area (Å²) in [5, 5.41) is 137. The molecule has 4 heterocycles. The lowest BCUT2D eigenvalue weighted by Gasteiger charge is -2.62. The molecule has 4 saturated carbocycles. The zero-order valence-corrected chi connectivity index (χ0v) is 37.8. The summed E-state index contributed by atoms with van der Waals surface area (Å²) in [5.41, 5.74) is -0.260. The molecular formula is C45H76O20. The van der Waals surface area contributed by atoms with Gasteiger partial charge in [-0.3, -0.25) is 0 Å². The van der Waals surface area contributed by atoms with E-state index in [1.165, 1.54) is 0 Å². The summed E-state index contributed by atoms with van der Waals surface area (Å²) >= 11 is 0. The number of aliphatic hydroxyl groups excluding tert-OH is 12. The molecule has 8 fully saturated rings. The number of fused-ring (bicyclic) bond motifs is 7. The van der Waals surface area contributed by atoms with Crippen molar-refractivity contribution in [3.8, 4) is 0 Å². The molecule has 0 radical (unpaired) electrons. The summed E-state index contributed by atoms with van der Waals surface area (Å²) in [5.74, 6) is -0.0721. The maximum absolute atomic E-state index is 12.0. The van der Waals surface area contributed by atoms with Crippen molar-refractivity contribution in [3.63, 3.8) is 0 Å². The maximum atomic E-state index is 12.0. The summed E-state index contributed by atoms with van der Waals surface area (Å²) in [6.45, 7) is 6.91. The van der Waals surface area contributed by atoms with Crippen molar-refractivity contribution in [2.75, 3.05) is 26.4 Å². The van der Waals surface area contributed by atoms with E-state index in [0.29, 0.717) is 43.4 Å². The fraction of sp³-hybridized carbons (Fsp3) is 1.00. The molecule has 8 aliphatic rings. The largest absolute Gasteiger partial charge is 0.394 e. The average Bonchev–Trinajstić information content (AvgIpc) is 3.72. The van der Waals surface area contributed by atoms with Crippen LogP contribution in [0.1, 0.15) is 85.5 Å². The lowest BCUT2D eigenvalue weighted by atomic mass is 9.44. The van der Waals surface area contributed by atoms with E-state index in [1.54, 1.807) is 0 Å². The van der Waals surface area contributed by atoms with Crippen LogP contribution in [0, 0.1) is 52.3 Å². The van der Waals surface area contributed by atoms with Crippen molar-refractivity contribution < 1.29 is 99.5 Å². The molecule has 0 spiro atoms. The molecule has 0 aromatic carbocycles. The SMILES string of the molecule is C[C@H](CC[C@@]1(O)O[C@H]2C[C@H]3[C@@H]4CC[C@H]5C[C@@H](O[C@@H]6O[C@H](CO)[C@@H](O[C@@H]7O[C@H](CO)[C@@H](O)[C@H](O)[C@H]7O)[C@H](O)[C@H]6O)[C@H](O)C[C@]5(C)[C@H]4CC[C@]3(C)[C@H]2[C@@H]1C)CO[C@@H]1O[C@H](CO)[C@@H](O)[C@H](O)[C@H]1O. The van der Waals surface area contributed by atoms with Crippen molar-refractivity contribution in [2.24, 2.45) is 52.3 Å². The second-order valence-corrected chi connectivity index (χ2v) is 21.6. The van der Waals surface area contributed by atoms with Gasteiger partial charge in [0, 0.05) is 12.3 Å². The summed E-state index contributed by atoms with van der Waals surface area (Å²) < 4.78 is 41.2. The molecule has 4 saturated heterocycles. The molecule has 0 bridgehead atoms. The Kier molecular flexibility index (Phi) is 15.1. The Balaban J connectivity index is 0.852. The van der Waals surface area contributed by atoms with E-state index in [9.17, 15) is 66.4 Å². The highest BCUT2D eigenvalue weighted by atomic mass is 16.7. The Bertz CT molecular complexity index is 1590. The number of hydrogen-bond donors (Lipinski definition) is 13. The lowest BCUT2D eigenvalue weighted by Crippen LogP contribution is -2.65. The van der Waals surface area contributed by atoms with E-state index in [0.717, 1.165) is 32.1 Å². The molecule has 20 nitrogen and oxygen atoms in total. The van der Waals surface area contributed by atoms with Crippen LogP contribution in [0.4, 0.5) is 0 Å². The first-order chi connectivity index (χ1) is 30.7. The number of rotatable bonds is 13. The van der Waals surface area contributed by atoms with Crippen LogP contribution in [0.5, 0.6) is 0 Å². The smallest absolute Gasteiger partial charge is 0.187 e. The second kappa shape index (κ2) is 19.4. The van der Waals surface area contributed by atoms with Gasteiger partial charge in [-0.25, -0.2) is 0 Å². The standard InChI is InChI=1S/C45H76O20/c1-18(17-59-40-36(55)33(52)31(50)27(14-46)61-40)7-10-45(58)19(2)30-26(65-45)12-23-21-6-5-20-11-25(24(49)13-44(20,4)22(21)8-9-43(23,30)3)60-41-38(57)35(54)39(29(16-48)63-41)64-42-37(56)34(53)32(51)28(15-47)62-42/h18-42,46-58H,5-17H2,1-4H3/t18-,19+,20+,21-,22+,23+,24-,25-,26+,27-,28-,29-,30+,31-,32-,33+,34+,35-,36-,37-,38-,39-,40-,41-,42+,43+,44+,45-/m1/s1. The molecule has 20 heteroatoms. The van der Waals surface area contributed by atoms with Gasteiger partial charge in [-0.05, 0) is 97.7 Å². The molecule has 0 unspecified atom stereocenters. The van der Waals surface area contributed by atoms with Crippen LogP contribution in [0.15, 0.2) is 0 Å². The molecule has 0 aromatic rings. The van der Waals surface area contributed by atoms with E-state index < -0.39 is 130 Å². The summed E-state index contributed by atoms with van der Waals surface area (Å²) in [7, 11) is 0. The van der Waals surface area contributed by atoms with Gasteiger partial charge in [0.1, 0.15) is 73.2 Å². The third-order valence-corrected chi connectivity index (χ3v) is 18.0. The molecule has 8 rings (SSSR count). The Morgan fingerprint density at radius 3 is 1.88 bits per heavy atom. The van der Waals surface area contributed by atoms with E-state index >= 15 is 0 Å². The molecule has 376 valence electrons. The third-order valence-electron chi connectivity index (χ3n) is 18.0. The highest BCUT2D eigenvalue weighted by molar-refractivity contribution is 5.15. The topological polar surface area (TPSA) is 328 Å². The minimum absolute atomic E-state index is 0.0569. The lowest BCUT2D eigenvalue weighted by molar-refractivity contribution is -0.366. The van der Waals surface area contributed by atoms with Gasteiger partial charge in [0.15, 0.2) is 24.7 Å². The van der Waals surface area contributed by atoms with Crippen LogP contribution < -0.4 is 0 Å². The summed E-state index contributed by atoms with van der Waals surface area (Å²) in [6.07, 6.45) is -17.7. The Hall–Kier alpha value is -0.800. The van der Waals surface area contributed by atoms with Gasteiger partial charge >= 0.3 is 0 Å². The summed E-state index contributed by atoms with van der Waals surface area (Å²) in [4.78, 5) is 0. The van der Waals surface area contributed by atoms with Crippen LogP contribution >= 0.6 is 0 Å². The first kappa shape index (κ1) is 50.6. The number of hydrogen-bond acceptors (Lipinski definition) is 20. The fourth-order valence-electron chi connectivity index (χ4n) is 14.2. The van der Waals surface area contributed by atoms with Crippen LogP contribution in [-0.4, -0.2) is 209 Å². The molecular weight excluding hydrogens is 860 g/mol. The van der Waals surface area contributed by atoms with Gasteiger partial charge < -0.3 is 99.5 Å². The van der Waals surface area contributed by atoms with Crippen molar-refractivity contribution in [2.45, 2.75) is 202 Å². The van der Waals surface area contributed by atoms with Crippen LogP contribution in [0.3, 0.4) is 0 Å². The van der Waals surface area contributed by atoms with Gasteiger partial charge in [0.2, 0.25) is 0 Å². The predicted octanol–water partition coefficient (Wildman–Crippen LogP) is -2.81. The molecule has 0 aromatic heterocycles. The highest BCUT2D eigenvalue weighted by Gasteiger charge is 2.69. The zero-order chi connectivity index (χ0) is 47.1. The molecule has 65 heavy (non-hydrogen) atoms. The van der Waals surface area contributed by atoms with Crippen LogP contribution in [-0.2, 0) is 33.2 Å². The van der Waals surface area contributed by atoms with Crippen molar-refractivity contribution >= 4 is 0 Å². The van der Waals surface area contributed by atoms with E-state index in [4.69, 9.17) is 33.2 Å². The van der Waals surface area contributed by atoms with Crippen LogP contribution in [0.2, 0.25) is 0 Å². The number of aliphatic hydroxyl groups is 13. The quantitative estimate of drug-likeness (QED) is 0.0829. The first-order valence-electron chi connectivity index (χ1n) is 23.9. The average molecular weight is 937 g/mol. The molecule has 13 N–H and O–H groups in total. The van der Waals surface area contributed by atoms with E-state index in [-0.39, 0.29) is 47.2 Å². The molecule has 4 aliphatic heterocycles. The van der Waals surface area contributed by atoms with Gasteiger partial charge in [-0.1, -0.05) is 27.7 Å². The monoisotopic (exact) mass is 936 g/mol. The van der Waals surface area contributed by atoms with Crippen molar-refractivity contribution in [1.29, 1.82) is 0 Å². The van der Waals surface area contributed by atoms with E-state index in [1.807, 2.05) is 6.92 Å². The highest BCUT2D eigenvalue weighted by Crippen LogP contribution is 2.71. The van der Waals surface area contributed by atoms with Crippen LogP contribution in [0.25, 0.3) is 0 Å². The molecule has 28 atom stereocenters. The normalized spacial score (nSPS) is 56.1. The van der Waals surface area contributed by atoms with Gasteiger partial charge in [-0.15, -0.1) is 0 Å². The Morgan fingerprint density at radius 1 is 0.646 bits per heavy atom. The van der Waals surface area contributed by atoms with Gasteiger partial charge in [-0.2, -0.15) is 0 Å². The zero-order valence-electron chi connectivity index (χ0n) is 37.8. The first-order valence-corrected chi connectivity index (χ1v) is 23.9. The van der Waals surface area contributed by atoms with Crippen molar-refractivity contribution in [1.82, 2.24) is 0 Å².